The number of carbonyl (C=O) groups excluding carboxylic acids is 2. The molecule has 1 aliphatic rings. The molecule has 1 N–H and O–H groups in total. The van der Waals surface area contributed by atoms with Crippen molar-refractivity contribution in [1.82, 2.24) is 15.1 Å². The quantitative estimate of drug-likeness (QED) is 0.862. The highest BCUT2D eigenvalue weighted by Crippen LogP contribution is 2.11. The summed E-state index contributed by atoms with van der Waals surface area (Å²) in [6, 6.07) is 9.99. The molecule has 0 radical (unpaired) electrons. The maximum atomic E-state index is 12.5. The Bertz CT molecular complexity index is 522. The van der Waals surface area contributed by atoms with Gasteiger partial charge < -0.3 is 15.1 Å². The summed E-state index contributed by atoms with van der Waals surface area (Å²) < 4.78 is 0. The average molecular weight is 372 g/mol. The lowest BCUT2D eigenvalue weighted by Gasteiger charge is -2.33. The van der Waals surface area contributed by atoms with Gasteiger partial charge in [0.15, 0.2) is 5.12 Å². The molecule has 0 saturated carbocycles. The normalized spacial score (nSPS) is 16.2. The molecule has 0 aliphatic carbocycles. The Hall–Kier alpha value is -1.24. The zero-order chi connectivity index (χ0) is 16.7. The average Bonchev–Trinajstić information content (AvgIpc) is 2.54. The van der Waals surface area contributed by atoms with Crippen LogP contribution >= 0.6 is 24.2 Å². The number of nitrogens with zero attached hydrogens (tertiary/aromatic N) is 2. The second-order valence-corrected chi connectivity index (χ2v) is 7.13. The molecule has 7 heteroatoms. The molecular weight excluding hydrogens is 346 g/mol. The monoisotopic (exact) mass is 371 g/mol. The Labute approximate surface area is 154 Å². The Kier molecular flexibility index (Phi) is 9.18. The predicted molar refractivity (Wildman–Crippen MR) is 102 cm³/mol. The minimum atomic E-state index is -0.0431. The number of hydrogen-bond acceptors (Lipinski definition) is 4. The summed E-state index contributed by atoms with van der Waals surface area (Å²) in [5.41, 5.74) is 1.17. The van der Waals surface area contributed by atoms with E-state index >= 15 is 0 Å². The summed E-state index contributed by atoms with van der Waals surface area (Å²) in [4.78, 5) is 27.8. The molecule has 2 amide bonds. The molecule has 0 spiro atoms. The van der Waals surface area contributed by atoms with Gasteiger partial charge in [-0.05, 0) is 19.0 Å². The number of carbonyl (C=O) groups is 2. The van der Waals surface area contributed by atoms with Crippen LogP contribution < -0.4 is 5.32 Å². The van der Waals surface area contributed by atoms with E-state index in [1.165, 1.54) is 17.3 Å². The van der Waals surface area contributed by atoms with Gasteiger partial charge in [0.1, 0.15) is 0 Å². The van der Waals surface area contributed by atoms with E-state index in [4.69, 9.17) is 0 Å². The van der Waals surface area contributed by atoms with Gasteiger partial charge in [0.05, 0.1) is 0 Å². The van der Waals surface area contributed by atoms with Crippen LogP contribution in [0.4, 0.5) is 4.79 Å². The molecule has 0 aromatic heterocycles. The Balaban J connectivity index is 0.00000288. The van der Waals surface area contributed by atoms with Crippen LogP contribution in [0.1, 0.15) is 12.5 Å². The van der Waals surface area contributed by atoms with Crippen molar-refractivity contribution in [2.45, 2.75) is 19.4 Å². The van der Waals surface area contributed by atoms with Gasteiger partial charge in [-0.2, -0.15) is 0 Å². The molecule has 1 fully saturated rings. The first-order valence-corrected chi connectivity index (χ1v) is 8.94. The van der Waals surface area contributed by atoms with Crippen molar-refractivity contribution in [3.63, 3.8) is 0 Å². The lowest BCUT2D eigenvalue weighted by Crippen LogP contribution is -2.53. The molecule has 0 bridgehead atoms. The van der Waals surface area contributed by atoms with E-state index in [1.807, 2.05) is 35.2 Å². The van der Waals surface area contributed by atoms with Crippen LogP contribution in [0.25, 0.3) is 0 Å². The molecule has 1 aromatic rings. The van der Waals surface area contributed by atoms with E-state index in [0.29, 0.717) is 5.75 Å². The van der Waals surface area contributed by atoms with Crippen molar-refractivity contribution in [1.29, 1.82) is 0 Å². The number of urea groups is 1. The van der Waals surface area contributed by atoms with E-state index in [1.54, 1.807) is 6.92 Å². The van der Waals surface area contributed by atoms with Gasteiger partial charge >= 0.3 is 6.03 Å². The second kappa shape index (κ2) is 10.6. The topological polar surface area (TPSA) is 52.7 Å². The number of halogens is 1. The number of piperazine rings is 1. The standard InChI is InChI=1S/C17H25N3O2S.ClH/c1-14(21)23-13-16(12-15-6-4-3-5-7-15)18-17(22)20-10-8-19(2)9-11-20;/h3-7,16H,8-13H2,1-2H3,(H,18,22);1H. The highest BCUT2D eigenvalue weighted by molar-refractivity contribution is 8.13. The van der Waals surface area contributed by atoms with Crippen molar-refractivity contribution < 1.29 is 9.59 Å². The van der Waals surface area contributed by atoms with E-state index in [2.05, 4.69) is 17.3 Å². The number of hydrogen-bond donors (Lipinski definition) is 1. The van der Waals surface area contributed by atoms with Crippen molar-refractivity contribution >= 4 is 35.3 Å². The van der Waals surface area contributed by atoms with Crippen LogP contribution in [0.3, 0.4) is 0 Å². The maximum absolute atomic E-state index is 12.5. The summed E-state index contributed by atoms with van der Waals surface area (Å²) in [7, 11) is 2.07. The van der Waals surface area contributed by atoms with Crippen LogP contribution in [-0.2, 0) is 11.2 Å². The van der Waals surface area contributed by atoms with Crippen molar-refractivity contribution in [2.24, 2.45) is 0 Å². The molecule has 1 saturated heterocycles. The molecule has 134 valence electrons. The third-order valence-corrected chi connectivity index (χ3v) is 4.91. The van der Waals surface area contributed by atoms with E-state index in [9.17, 15) is 9.59 Å². The highest BCUT2D eigenvalue weighted by Gasteiger charge is 2.22. The van der Waals surface area contributed by atoms with Crippen LogP contribution in [0.15, 0.2) is 30.3 Å². The van der Waals surface area contributed by atoms with Crippen molar-refractivity contribution in [2.75, 3.05) is 39.0 Å². The number of rotatable bonds is 5. The molecule has 1 atom stereocenters. The van der Waals surface area contributed by atoms with Crippen LogP contribution in [0.2, 0.25) is 0 Å². The molecule has 2 rings (SSSR count). The fourth-order valence-corrected chi connectivity index (χ4v) is 3.18. The van der Waals surface area contributed by atoms with Crippen molar-refractivity contribution in [3.05, 3.63) is 35.9 Å². The van der Waals surface area contributed by atoms with Gasteiger partial charge in [-0.1, -0.05) is 42.1 Å². The molecule has 1 aliphatic heterocycles. The summed E-state index contributed by atoms with van der Waals surface area (Å²) in [6.45, 7) is 4.87. The first-order valence-electron chi connectivity index (χ1n) is 7.96. The lowest BCUT2D eigenvalue weighted by atomic mass is 10.1. The SMILES string of the molecule is CC(=O)SCC(Cc1ccccc1)NC(=O)N1CCN(C)CC1.Cl. The molecular formula is C17H26ClN3O2S. The van der Waals surface area contributed by atoms with Gasteiger partial charge in [-0.3, -0.25) is 4.79 Å². The number of thioether (sulfide) groups is 1. The number of likely N-dealkylation sites (N-methyl/N-ethyl adjacent to an activating group) is 1. The predicted octanol–water partition coefficient (Wildman–Crippen LogP) is 2.26. The van der Waals surface area contributed by atoms with E-state index < -0.39 is 0 Å². The summed E-state index contributed by atoms with van der Waals surface area (Å²) in [5, 5.41) is 3.18. The van der Waals surface area contributed by atoms with Crippen molar-refractivity contribution in [3.8, 4) is 0 Å². The van der Waals surface area contributed by atoms with Crippen LogP contribution in [-0.4, -0.2) is 66.0 Å². The Morgan fingerprint density at radius 1 is 1.17 bits per heavy atom. The Morgan fingerprint density at radius 2 is 1.79 bits per heavy atom. The number of benzene rings is 1. The third-order valence-electron chi connectivity index (χ3n) is 3.93. The fraction of sp³-hybridized carbons (Fsp3) is 0.529. The van der Waals surface area contributed by atoms with Crippen LogP contribution in [0, 0.1) is 0 Å². The van der Waals surface area contributed by atoms with Gasteiger partial charge in [-0.25, -0.2) is 4.79 Å². The zero-order valence-electron chi connectivity index (χ0n) is 14.2. The van der Waals surface area contributed by atoms with Gasteiger partial charge in [0.25, 0.3) is 0 Å². The Morgan fingerprint density at radius 3 is 2.38 bits per heavy atom. The third kappa shape index (κ3) is 7.11. The maximum Gasteiger partial charge on any atom is 0.317 e. The molecule has 1 aromatic carbocycles. The molecule has 5 nitrogen and oxygen atoms in total. The second-order valence-electron chi connectivity index (χ2n) is 5.93. The van der Waals surface area contributed by atoms with Crippen LogP contribution in [0.5, 0.6) is 0 Å². The molecule has 1 unspecified atom stereocenters. The largest absolute Gasteiger partial charge is 0.334 e. The summed E-state index contributed by atoms with van der Waals surface area (Å²) in [5.74, 6) is 0.601. The van der Waals surface area contributed by atoms with Gasteiger partial charge in [0.2, 0.25) is 0 Å². The minimum Gasteiger partial charge on any atom is -0.334 e. The first kappa shape index (κ1) is 20.8. The van der Waals surface area contributed by atoms with Gasteiger partial charge in [0, 0.05) is 44.9 Å². The highest BCUT2D eigenvalue weighted by atomic mass is 35.5. The smallest absolute Gasteiger partial charge is 0.317 e. The lowest BCUT2D eigenvalue weighted by molar-refractivity contribution is -0.109. The molecule has 1 heterocycles. The first-order chi connectivity index (χ1) is 11.0. The number of nitrogens with one attached hydrogen (secondary N) is 1. The van der Waals surface area contributed by atoms with E-state index in [-0.39, 0.29) is 29.6 Å². The summed E-state index contributed by atoms with van der Waals surface area (Å²) >= 11 is 1.27. The molecule has 24 heavy (non-hydrogen) atoms. The summed E-state index contributed by atoms with van der Waals surface area (Å²) in [6.07, 6.45) is 0.737. The minimum absolute atomic E-state index is 0. The number of amides is 2. The zero-order valence-corrected chi connectivity index (χ0v) is 15.9. The fourth-order valence-electron chi connectivity index (χ4n) is 2.54. The van der Waals surface area contributed by atoms with Gasteiger partial charge in [-0.15, -0.1) is 12.4 Å². The van der Waals surface area contributed by atoms with E-state index in [0.717, 1.165) is 32.6 Å².